The van der Waals surface area contributed by atoms with Crippen LogP contribution in [0.3, 0.4) is 0 Å². The van der Waals surface area contributed by atoms with E-state index in [0.29, 0.717) is 0 Å². The molecule has 0 amide bonds. The lowest BCUT2D eigenvalue weighted by Gasteiger charge is -2.11. The molecule has 102 valence electrons. The molecule has 0 aliphatic carbocycles. The van der Waals surface area contributed by atoms with Crippen LogP contribution in [-0.4, -0.2) is 4.57 Å². The smallest absolute Gasteiger partial charge is 0.0520 e. The number of aryl methyl sites for hydroxylation is 2. The molecule has 3 aromatic rings. The average Bonchev–Trinajstić information content (AvgIpc) is 2.79. The van der Waals surface area contributed by atoms with E-state index in [9.17, 15) is 0 Å². The summed E-state index contributed by atoms with van der Waals surface area (Å²) < 4.78 is 2.49. The predicted octanol–water partition coefficient (Wildman–Crippen LogP) is 5.42. The minimum Gasteiger partial charge on any atom is -0.340 e. The van der Waals surface area contributed by atoms with E-state index in [1.807, 2.05) is 0 Å². The Morgan fingerprint density at radius 2 is 1.60 bits per heavy atom. The van der Waals surface area contributed by atoms with Crippen molar-refractivity contribution in [1.29, 1.82) is 0 Å². The molecule has 0 spiro atoms. The Hall–Kier alpha value is -2.02. The van der Waals surface area contributed by atoms with Crippen LogP contribution in [0.15, 0.2) is 54.6 Å². The Bertz CT molecular complexity index is 707. The monoisotopic (exact) mass is 263 g/mol. The van der Waals surface area contributed by atoms with E-state index in [0.717, 1.165) is 6.54 Å². The number of aromatic nitrogens is 1. The molecule has 0 saturated heterocycles. The molecule has 1 heterocycles. The molecule has 2 aromatic carbocycles. The number of rotatable bonds is 4. The van der Waals surface area contributed by atoms with E-state index in [1.165, 1.54) is 40.6 Å². The van der Waals surface area contributed by atoms with Crippen LogP contribution in [0.4, 0.5) is 0 Å². The number of nitrogens with zero attached hydrogens (tertiary/aromatic N) is 1. The minimum atomic E-state index is 1.09. The Balaban J connectivity index is 2.26. The zero-order chi connectivity index (χ0) is 13.9. The van der Waals surface area contributed by atoms with Crippen LogP contribution >= 0.6 is 0 Å². The first-order chi connectivity index (χ1) is 9.83. The fraction of sp³-hybridized carbons (Fsp3) is 0.263. The van der Waals surface area contributed by atoms with E-state index < -0.39 is 0 Å². The van der Waals surface area contributed by atoms with E-state index in [2.05, 4.69) is 73.0 Å². The van der Waals surface area contributed by atoms with Crippen LogP contribution in [0.1, 0.15) is 25.3 Å². The van der Waals surface area contributed by atoms with Crippen molar-refractivity contribution in [3.63, 3.8) is 0 Å². The third kappa shape index (κ3) is 2.14. The maximum atomic E-state index is 2.49. The third-order valence-corrected chi connectivity index (χ3v) is 4.01. The zero-order valence-electron chi connectivity index (χ0n) is 12.3. The van der Waals surface area contributed by atoms with Crippen molar-refractivity contribution in [2.45, 2.75) is 33.2 Å². The average molecular weight is 263 g/mol. The molecular formula is C19H21N. The molecule has 0 aliphatic heterocycles. The van der Waals surface area contributed by atoms with Crippen LogP contribution in [0.5, 0.6) is 0 Å². The summed E-state index contributed by atoms with van der Waals surface area (Å²) in [6.07, 6.45) is 2.44. The highest BCUT2D eigenvalue weighted by molar-refractivity contribution is 5.91. The van der Waals surface area contributed by atoms with Crippen molar-refractivity contribution in [3.8, 4) is 11.3 Å². The lowest BCUT2D eigenvalue weighted by Crippen LogP contribution is -2.00. The first-order valence-electron chi connectivity index (χ1n) is 7.46. The van der Waals surface area contributed by atoms with E-state index in [4.69, 9.17) is 0 Å². The molecule has 1 heteroatoms. The molecule has 1 aromatic heterocycles. The van der Waals surface area contributed by atoms with Gasteiger partial charge in [-0.1, -0.05) is 61.9 Å². The lowest BCUT2D eigenvalue weighted by molar-refractivity contribution is 0.654. The second-order valence-electron chi connectivity index (χ2n) is 5.36. The van der Waals surface area contributed by atoms with Gasteiger partial charge in [0.2, 0.25) is 0 Å². The van der Waals surface area contributed by atoms with Gasteiger partial charge in [0.05, 0.1) is 5.69 Å². The number of para-hydroxylation sites is 1. The highest BCUT2D eigenvalue weighted by atomic mass is 15.0. The molecule has 0 N–H and O–H groups in total. The molecule has 0 saturated carbocycles. The fourth-order valence-corrected chi connectivity index (χ4v) is 2.99. The second kappa shape index (κ2) is 5.54. The van der Waals surface area contributed by atoms with Gasteiger partial charge in [0.25, 0.3) is 0 Å². The van der Waals surface area contributed by atoms with Crippen LogP contribution in [-0.2, 0) is 6.54 Å². The van der Waals surface area contributed by atoms with Gasteiger partial charge >= 0.3 is 0 Å². The van der Waals surface area contributed by atoms with Gasteiger partial charge in [0.15, 0.2) is 0 Å². The van der Waals surface area contributed by atoms with Crippen molar-refractivity contribution in [2.24, 2.45) is 0 Å². The summed E-state index contributed by atoms with van der Waals surface area (Å²) in [5.41, 5.74) is 5.44. The number of hydrogen-bond acceptors (Lipinski definition) is 0. The Morgan fingerprint density at radius 3 is 2.35 bits per heavy atom. The van der Waals surface area contributed by atoms with Crippen molar-refractivity contribution in [3.05, 3.63) is 60.2 Å². The Kier molecular flexibility index (Phi) is 3.60. The molecule has 3 rings (SSSR count). The molecular weight excluding hydrogens is 242 g/mol. The molecule has 1 nitrogen and oxygen atoms in total. The molecule has 0 fully saturated rings. The van der Waals surface area contributed by atoms with Crippen LogP contribution in [0.2, 0.25) is 0 Å². The highest BCUT2D eigenvalue weighted by Gasteiger charge is 2.14. The molecule has 20 heavy (non-hydrogen) atoms. The fourth-order valence-electron chi connectivity index (χ4n) is 2.99. The first-order valence-corrected chi connectivity index (χ1v) is 7.46. The van der Waals surface area contributed by atoms with Gasteiger partial charge in [-0.25, -0.2) is 0 Å². The summed E-state index contributed by atoms with van der Waals surface area (Å²) in [6, 6.07) is 19.5. The molecule has 0 radical (unpaired) electrons. The lowest BCUT2D eigenvalue weighted by atomic mass is 10.1. The Morgan fingerprint density at radius 1 is 0.900 bits per heavy atom. The quantitative estimate of drug-likeness (QED) is 0.592. The molecule has 0 atom stereocenters. The van der Waals surface area contributed by atoms with Crippen molar-refractivity contribution in [1.82, 2.24) is 4.57 Å². The van der Waals surface area contributed by atoms with E-state index in [-0.39, 0.29) is 0 Å². The number of unbranched alkanes of at least 4 members (excludes halogenated alkanes) is 1. The third-order valence-electron chi connectivity index (χ3n) is 4.01. The summed E-state index contributed by atoms with van der Waals surface area (Å²) in [5, 5.41) is 1.38. The van der Waals surface area contributed by atoms with Gasteiger partial charge in [-0.15, -0.1) is 0 Å². The molecule has 0 unspecified atom stereocenters. The number of benzene rings is 2. The van der Waals surface area contributed by atoms with Gasteiger partial charge in [0.1, 0.15) is 0 Å². The normalized spacial score (nSPS) is 11.1. The van der Waals surface area contributed by atoms with Crippen LogP contribution in [0, 0.1) is 6.92 Å². The van der Waals surface area contributed by atoms with Gasteiger partial charge in [-0.05, 0) is 30.5 Å². The topological polar surface area (TPSA) is 4.93 Å². The maximum Gasteiger partial charge on any atom is 0.0520 e. The zero-order valence-corrected chi connectivity index (χ0v) is 12.3. The van der Waals surface area contributed by atoms with E-state index in [1.54, 1.807) is 0 Å². The maximum absolute atomic E-state index is 2.49. The van der Waals surface area contributed by atoms with Gasteiger partial charge in [-0.2, -0.15) is 0 Å². The number of fused-ring (bicyclic) bond motifs is 1. The summed E-state index contributed by atoms with van der Waals surface area (Å²) in [6.45, 7) is 5.59. The van der Waals surface area contributed by atoms with E-state index >= 15 is 0 Å². The SMILES string of the molecule is CCCCn1c(-c2ccccc2)c(C)c2ccccc21. The summed E-state index contributed by atoms with van der Waals surface area (Å²) in [4.78, 5) is 0. The van der Waals surface area contributed by atoms with Crippen LogP contribution in [0.25, 0.3) is 22.2 Å². The molecule has 0 aliphatic rings. The van der Waals surface area contributed by atoms with Crippen molar-refractivity contribution >= 4 is 10.9 Å². The first kappa shape index (κ1) is 13.0. The molecule has 0 bridgehead atoms. The summed E-state index contributed by atoms with van der Waals surface area (Å²) in [7, 11) is 0. The summed E-state index contributed by atoms with van der Waals surface area (Å²) in [5.74, 6) is 0. The van der Waals surface area contributed by atoms with Crippen LogP contribution < -0.4 is 0 Å². The minimum absolute atomic E-state index is 1.09. The standard InChI is InChI=1S/C19H21N/c1-3-4-14-20-18-13-9-8-12-17(18)15(2)19(20)16-10-6-5-7-11-16/h5-13H,3-4,14H2,1-2H3. The van der Waals surface area contributed by atoms with Crippen molar-refractivity contribution in [2.75, 3.05) is 0 Å². The second-order valence-corrected chi connectivity index (χ2v) is 5.36. The van der Waals surface area contributed by atoms with Gasteiger partial charge in [0, 0.05) is 17.4 Å². The predicted molar refractivity (Wildman–Crippen MR) is 87.0 cm³/mol. The Labute approximate surface area is 120 Å². The van der Waals surface area contributed by atoms with Gasteiger partial charge in [-0.3, -0.25) is 0 Å². The summed E-state index contributed by atoms with van der Waals surface area (Å²) >= 11 is 0. The highest BCUT2D eigenvalue weighted by Crippen LogP contribution is 2.33. The van der Waals surface area contributed by atoms with Gasteiger partial charge < -0.3 is 4.57 Å². The number of hydrogen-bond donors (Lipinski definition) is 0. The van der Waals surface area contributed by atoms with Crippen molar-refractivity contribution < 1.29 is 0 Å². The largest absolute Gasteiger partial charge is 0.340 e.